The maximum absolute atomic E-state index is 12.6. The maximum Gasteiger partial charge on any atom is 0.317 e. The zero-order valence-electron chi connectivity index (χ0n) is 16.9. The van der Waals surface area contributed by atoms with Crippen molar-refractivity contribution >= 4 is 33.3 Å². The average molecular weight is 484 g/mol. The third-order valence-corrected chi connectivity index (χ3v) is 6.44. The Morgan fingerprint density at radius 3 is 2.24 bits per heavy atom. The normalized spacial score (nSPS) is 14.6. The first kappa shape index (κ1) is 21.7. The lowest BCUT2D eigenvalue weighted by Crippen LogP contribution is -2.51. The van der Waals surface area contributed by atoms with Crippen LogP contribution in [0.4, 0.5) is 4.79 Å². The van der Waals surface area contributed by atoms with Crippen molar-refractivity contribution in [3.8, 4) is 17.2 Å². The van der Waals surface area contributed by atoms with Gasteiger partial charge in [-0.2, -0.15) is 0 Å². The van der Waals surface area contributed by atoms with E-state index in [0.29, 0.717) is 36.9 Å². The molecule has 2 heterocycles. The number of nitrogens with one attached hydrogen (secondary N) is 1. The molecule has 3 rings (SSSR count). The van der Waals surface area contributed by atoms with Gasteiger partial charge in [0.1, 0.15) is 0 Å². The quantitative estimate of drug-likeness (QED) is 0.651. The summed E-state index contributed by atoms with van der Waals surface area (Å²) in [5, 5.41) is 2.99. The third-order valence-electron chi connectivity index (χ3n) is 4.84. The van der Waals surface area contributed by atoms with Crippen LogP contribution >= 0.6 is 27.3 Å². The first-order valence-corrected chi connectivity index (χ1v) is 10.9. The van der Waals surface area contributed by atoms with E-state index in [2.05, 4.69) is 38.3 Å². The third kappa shape index (κ3) is 5.55. The van der Waals surface area contributed by atoms with Crippen LogP contribution in [0.1, 0.15) is 10.4 Å². The summed E-state index contributed by atoms with van der Waals surface area (Å²) in [6, 6.07) is 7.85. The van der Waals surface area contributed by atoms with Gasteiger partial charge in [-0.05, 0) is 45.8 Å². The summed E-state index contributed by atoms with van der Waals surface area (Å²) >= 11 is 5.26. The van der Waals surface area contributed by atoms with Crippen LogP contribution in [0.15, 0.2) is 28.1 Å². The highest BCUT2D eigenvalue weighted by molar-refractivity contribution is 9.11. The van der Waals surface area contributed by atoms with Crippen LogP contribution in [0.25, 0.3) is 0 Å². The van der Waals surface area contributed by atoms with Gasteiger partial charge < -0.3 is 24.4 Å². The highest BCUT2D eigenvalue weighted by Gasteiger charge is 2.21. The maximum atomic E-state index is 12.6. The molecule has 2 aromatic rings. The first-order valence-electron chi connectivity index (χ1n) is 9.32. The monoisotopic (exact) mass is 483 g/mol. The summed E-state index contributed by atoms with van der Waals surface area (Å²) in [6.45, 7) is 4.48. The number of amides is 2. The second-order valence-electron chi connectivity index (χ2n) is 6.66. The number of thiophene rings is 1. The molecule has 0 radical (unpaired) electrons. The lowest BCUT2D eigenvalue weighted by molar-refractivity contribution is 0.135. The van der Waals surface area contributed by atoms with Crippen LogP contribution < -0.4 is 19.5 Å². The van der Waals surface area contributed by atoms with Gasteiger partial charge in [0.25, 0.3) is 0 Å². The summed E-state index contributed by atoms with van der Waals surface area (Å²) in [5.74, 6) is 1.69. The SMILES string of the molecule is COc1cc(CNC(=O)N2CCN(Cc3ccc(Br)s3)CC2)cc(OC)c1OC. The fourth-order valence-corrected chi connectivity index (χ4v) is 4.82. The van der Waals surface area contributed by atoms with Gasteiger partial charge in [0.15, 0.2) is 11.5 Å². The predicted molar refractivity (Wildman–Crippen MR) is 117 cm³/mol. The van der Waals surface area contributed by atoms with Crippen molar-refractivity contribution in [3.05, 3.63) is 38.5 Å². The zero-order chi connectivity index (χ0) is 20.8. The molecular formula is C20H26BrN3O4S. The van der Waals surface area contributed by atoms with E-state index in [9.17, 15) is 4.79 Å². The van der Waals surface area contributed by atoms with E-state index in [1.165, 1.54) is 4.88 Å². The minimum absolute atomic E-state index is 0.0581. The lowest BCUT2D eigenvalue weighted by atomic mass is 10.2. The number of urea groups is 1. The molecule has 9 heteroatoms. The number of hydrogen-bond acceptors (Lipinski definition) is 6. The fourth-order valence-electron chi connectivity index (χ4n) is 3.29. The second-order valence-corrected chi connectivity index (χ2v) is 9.21. The minimum atomic E-state index is -0.0581. The van der Waals surface area contributed by atoms with E-state index in [0.717, 1.165) is 29.0 Å². The van der Waals surface area contributed by atoms with E-state index >= 15 is 0 Å². The second kappa shape index (κ2) is 10.2. The summed E-state index contributed by atoms with van der Waals surface area (Å²) in [4.78, 5) is 18.1. The molecule has 29 heavy (non-hydrogen) atoms. The van der Waals surface area contributed by atoms with Gasteiger partial charge in [-0.3, -0.25) is 4.90 Å². The van der Waals surface area contributed by atoms with Gasteiger partial charge >= 0.3 is 6.03 Å². The zero-order valence-corrected chi connectivity index (χ0v) is 19.3. The van der Waals surface area contributed by atoms with Gasteiger partial charge in [-0.1, -0.05) is 0 Å². The number of nitrogens with zero attached hydrogens (tertiary/aromatic N) is 2. The molecule has 7 nitrogen and oxygen atoms in total. The van der Waals surface area contributed by atoms with Gasteiger partial charge in [0.2, 0.25) is 5.75 Å². The van der Waals surface area contributed by atoms with Crippen LogP contribution in [-0.4, -0.2) is 63.3 Å². The number of hydrogen-bond donors (Lipinski definition) is 1. The molecule has 0 bridgehead atoms. The van der Waals surface area contributed by atoms with Crippen molar-refractivity contribution in [2.75, 3.05) is 47.5 Å². The molecule has 2 amide bonds. The Morgan fingerprint density at radius 2 is 1.72 bits per heavy atom. The summed E-state index contributed by atoms with van der Waals surface area (Å²) < 4.78 is 17.2. The molecule has 1 fully saturated rings. The molecule has 0 unspecified atom stereocenters. The first-order chi connectivity index (χ1) is 14.0. The Labute approximate surface area is 183 Å². The van der Waals surface area contributed by atoms with Crippen LogP contribution in [0, 0.1) is 0 Å². The van der Waals surface area contributed by atoms with Gasteiger partial charge in [0.05, 0.1) is 25.1 Å². The molecule has 0 spiro atoms. The van der Waals surface area contributed by atoms with E-state index in [1.54, 1.807) is 32.7 Å². The molecule has 1 saturated heterocycles. The standard InChI is InChI=1S/C20H26BrN3O4S/c1-26-16-10-14(11-17(27-2)19(16)28-3)12-22-20(25)24-8-6-23(7-9-24)13-15-4-5-18(21)29-15/h4-5,10-11H,6-9,12-13H2,1-3H3,(H,22,25). The van der Waals surface area contributed by atoms with Crippen LogP contribution in [-0.2, 0) is 13.1 Å². The fraction of sp³-hybridized carbons (Fsp3) is 0.450. The molecule has 1 aliphatic heterocycles. The van der Waals surface area contributed by atoms with Crippen molar-refractivity contribution < 1.29 is 19.0 Å². The van der Waals surface area contributed by atoms with Gasteiger partial charge in [-0.15, -0.1) is 11.3 Å². The average Bonchev–Trinajstić information content (AvgIpc) is 3.16. The van der Waals surface area contributed by atoms with E-state index < -0.39 is 0 Å². The van der Waals surface area contributed by atoms with Crippen molar-refractivity contribution in [1.82, 2.24) is 15.1 Å². The van der Waals surface area contributed by atoms with Crippen LogP contribution in [0.5, 0.6) is 17.2 Å². The molecule has 0 saturated carbocycles. The Balaban J connectivity index is 1.51. The number of benzene rings is 1. The van der Waals surface area contributed by atoms with Crippen molar-refractivity contribution in [3.63, 3.8) is 0 Å². The van der Waals surface area contributed by atoms with Crippen molar-refractivity contribution in [2.45, 2.75) is 13.1 Å². The molecule has 1 aromatic heterocycles. The molecule has 1 aliphatic rings. The number of ether oxygens (including phenoxy) is 3. The van der Waals surface area contributed by atoms with E-state index in [4.69, 9.17) is 14.2 Å². The highest BCUT2D eigenvalue weighted by Crippen LogP contribution is 2.38. The topological polar surface area (TPSA) is 63.3 Å². The Hall–Kier alpha value is -1.97. The van der Waals surface area contributed by atoms with Crippen LogP contribution in [0.2, 0.25) is 0 Å². The summed E-state index contributed by atoms with van der Waals surface area (Å²) in [5.41, 5.74) is 0.884. The highest BCUT2D eigenvalue weighted by atomic mass is 79.9. The van der Waals surface area contributed by atoms with Gasteiger partial charge in [-0.25, -0.2) is 4.79 Å². The van der Waals surface area contributed by atoms with E-state index in [-0.39, 0.29) is 6.03 Å². The number of carbonyl (C=O) groups excluding carboxylic acids is 1. The Bertz CT molecular complexity index is 812. The minimum Gasteiger partial charge on any atom is -0.493 e. The molecule has 0 aliphatic carbocycles. The summed E-state index contributed by atoms with van der Waals surface area (Å²) in [7, 11) is 4.72. The Kier molecular flexibility index (Phi) is 7.63. The summed E-state index contributed by atoms with van der Waals surface area (Å²) in [6.07, 6.45) is 0. The van der Waals surface area contributed by atoms with Crippen molar-refractivity contribution in [2.24, 2.45) is 0 Å². The molecule has 1 aromatic carbocycles. The largest absolute Gasteiger partial charge is 0.493 e. The number of piperazine rings is 1. The number of carbonyl (C=O) groups is 1. The number of rotatable bonds is 7. The number of methoxy groups -OCH3 is 3. The lowest BCUT2D eigenvalue weighted by Gasteiger charge is -2.34. The molecule has 158 valence electrons. The van der Waals surface area contributed by atoms with Crippen LogP contribution in [0.3, 0.4) is 0 Å². The Morgan fingerprint density at radius 1 is 1.07 bits per heavy atom. The van der Waals surface area contributed by atoms with Gasteiger partial charge in [0, 0.05) is 44.1 Å². The van der Waals surface area contributed by atoms with E-state index in [1.807, 2.05) is 17.0 Å². The number of halogens is 1. The molecule has 0 atom stereocenters. The molecule has 1 N–H and O–H groups in total. The van der Waals surface area contributed by atoms with Crippen molar-refractivity contribution in [1.29, 1.82) is 0 Å². The molecular weight excluding hydrogens is 458 g/mol. The smallest absolute Gasteiger partial charge is 0.317 e. The predicted octanol–water partition coefficient (Wildman–Crippen LogP) is 3.56.